The highest BCUT2D eigenvalue weighted by Crippen LogP contribution is 2.23. The van der Waals surface area contributed by atoms with Crippen LogP contribution in [0.15, 0.2) is 33.5 Å². The Balaban J connectivity index is 0.000000505. The standard InChI is InChI=1S/C13H13NO5.CH4O3S/c1-18-8-2-3-9-7(4-10(14)13(16)17)5-12(15)19-11(9)6-8;1-5(2,3)4/h2-3,5-6,10H,4,14H2,1H3,(H,16,17);1H3,(H,2,3,4). The van der Waals surface area contributed by atoms with E-state index >= 15 is 0 Å². The topological polar surface area (TPSA) is 157 Å². The molecule has 0 spiro atoms. The zero-order valence-corrected chi connectivity index (χ0v) is 13.7. The predicted molar refractivity (Wildman–Crippen MR) is 85.8 cm³/mol. The lowest BCUT2D eigenvalue weighted by atomic mass is 10.0. The minimum absolute atomic E-state index is 0.0593. The second-order valence-corrected chi connectivity index (χ2v) is 6.30. The molecule has 0 aliphatic heterocycles. The number of benzene rings is 1. The average molecular weight is 359 g/mol. The molecule has 10 heteroatoms. The second kappa shape index (κ2) is 7.90. The van der Waals surface area contributed by atoms with Crippen LogP contribution in [0, 0.1) is 0 Å². The average Bonchev–Trinajstić information content (AvgIpc) is 2.44. The lowest BCUT2D eigenvalue weighted by Crippen LogP contribution is -2.32. The van der Waals surface area contributed by atoms with Gasteiger partial charge in [0.2, 0.25) is 0 Å². The number of hydrogen-bond donors (Lipinski definition) is 3. The van der Waals surface area contributed by atoms with Crippen LogP contribution >= 0.6 is 0 Å². The Bertz CT molecular complexity index is 879. The molecule has 1 aromatic heterocycles. The summed E-state index contributed by atoms with van der Waals surface area (Å²) in [6, 6.07) is 5.19. The van der Waals surface area contributed by atoms with Crippen molar-refractivity contribution < 1.29 is 32.0 Å². The van der Waals surface area contributed by atoms with Crippen LogP contribution in [0.4, 0.5) is 0 Å². The molecule has 0 aliphatic carbocycles. The number of hydrogen-bond acceptors (Lipinski definition) is 7. The number of carboxylic acids is 1. The van der Waals surface area contributed by atoms with Crippen molar-refractivity contribution in [1.29, 1.82) is 0 Å². The smallest absolute Gasteiger partial charge is 0.336 e. The molecule has 1 unspecified atom stereocenters. The van der Waals surface area contributed by atoms with Gasteiger partial charge in [-0.15, -0.1) is 0 Å². The minimum atomic E-state index is -3.67. The molecule has 2 aromatic rings. The predicted octanol–water partition coefficient (Wildman–Crippen LogP) is 0.260. The number of ether oxygens (including phenoxy) is 1. The normalized spacial score (nSPS) is 12.2. The van der Waals surface area contributed by atoms with Crippen LogP contribution < -0.4 is 16.1 Å². The van der Waals surface area contributed by atoms with E-state index in [2.05, 4.69) is 0 Å². The Morgan fingerprint density at radius 3 is 2.46 bits per heavy atom. The van der Waals surface area contributed by atoms with E-state index in [0.717, 1.165) is 0 Å². The Morgan fingerprint density at radius 1 is 1.38 bits per heavy atom. The number of nitrogens with two attached hydrogens (primary N) is 1. The second-order valence-electron chi connectivity index (χ2n) is 4.83. The van der Waals surface area contributed by atoms with Crippen molar-refractivity contribution in [3.63, 3.8) is 0 Å². The van der Waals surface area contributed by atoms with E-state index < -0.39 is 27.8 Å². The zero-order valence-electron chi connectivity index (χ0n) is 12.9. The van der Waals surface area contributed by atoms with Crippen molar-refractivity contribution in [3.05, 3.63) is 40.2 Å². The molecule has 1 heterocycles. The monoisotopic (exact) mass is 359 g/mol. The van der Waals surface area contributed by atoms with Crippen LogP contribution in [0.2, 0.25) is 0 Å². The Hall–Kier alpha value is -2.43. The van der Waals surface area contributed by atoms with Crippen LogP contribution in [-0.2, 0) is 21.3 Å². The number of fused-ring (bicyclic) bond motifs is 1. The quantitative estimate of drug-likeness (QED) is 0.514. The van der Waals surface area contributed by atoms with Gasteiger partial charge in [0, 0.05) is 17.5 Å². The maximum Gasteiger partial charge on any atom is 0.336 e. The number of carbonyl (C=O) groups is 1. The van der Waals surface area contributed by atoms with E-state index in [-0.39, 0.29) is 6.42 Å². The third-order valence-corrected chi connectivity index (χ3v) is 2.79. The van der Waals surface area contributed by atoms with Crippen LogP contribution in [-0.4, -0.2) is 43.5 Å². The summed E-state index contributed by atoms with van der Waals surface area (Å²) in [5.41, 5.74) is 5.83. The first-order chi connectivity index (χ1) is 11.0. The van der Waals surface area contributed by atoms with Gasteiger partial charge in [-0.05, 0) is 24.1 Å². The summed E-state index contributed by atoms with van der Waals surface area (Å²) in [6.07, 6.45) is 0.775. The molecule has 132 valence electrons. The fraction of sp³-hybridized carbons (Fsp3) is 0.286. The number of aliphatic carboxylic acids is 1. The highest BCUT2D eigenvalue weighted by atomic mass is 32.2. The van der Waals surface area contributed by atoms with Gasteiger partial charge in [-0.2, -0.15) is 8.42 Å². The van der Waals surface area contributed by atoms with E-state index in [1.165, 1.54) is 13.2 Å². The van der Waals surface area contributed by atoms with Gasteiger partial charge in [0.05, 0.1) is 13.4 Å². The molecular formula is C14H17NO8S. The lowest BCUT2D eigenvalue weighted by Gasteiger charge is -2.09. The van der Waals surface area contributed by atoms with E-state index in [0.29, 0.717) is 28.5 Å². The molecule has 0 aliphatic rings. The summed E-state index contributed by atoms with van der Waals surface area (Å²) in [5.74, 6) is -0.565. The zero-order chi connectivity index (χ0) is 18.5. The van der Waals surface area contributed by atoms with E-state index in [1.807, 2.05) is 0 Å². The molecule has 24 heavy (non-hydrogen) atoms. The first-order valence-electron chi connectivity index (χ1n) is 6.53. The summed E-state index contributed by atoms with van der Waals surface area (Å²) in [5, 5.41) is 9.47. The molecule has 1 aromatic carbocycles. The van der Waals surface area contributed by atoms with Gasteiger partial charge in [0.15, 0.2) is 0 Å². The molecule has 1 atom stereocenters. The molecule has 0 radical (unpaired) electrons. The molecule has 0 saturated heterocycles. The fourth-order valence-corrected chi connectivity index (χ4v) is 1.83. The molecule has 0 bridgehead atoms. The van der Waals surface area contributed by atoms with Crippen LogP contribution in [0.5, 0.6) is 5.75 Å². The summed E-state index contributed by atoms with van der Waals surface area (Å²) in [7, 11) is -2.16. The fourth-order valence-electron chi connectivity index (χ4n) is 1.83. The van der Waals surface area contributed by atoms with Gasteiger partial charge in [-0.3, -0.25) is 9.35 Å². The maximum atomic E-state index is 11.5. The van der Waals surface area contributed by atoms with Crippen molar-refractivity contribution in [3.8, 4) is 5.75 Å². The van der Waals surface area contributed by atoms with Gasteiger partial charge in [0.1, 0.15) is 17.4 Å². The Morgan fingerprint density at radius 2 is 1.96 bits per heavy atom. The Kier molecular flexibility index (Phi) is 6.46. The molecular weight excluding hydrogens is 342 g/mol. The first kappa shape index (κ1) is 19.6. The van der Waals surface area contributed by atoms with Crippen LogP contribution in [0.1, 0.15) is 5.56 Å². The summed E-state index contributed by atoms with van der Waals surface area (Å²) < 4.78 is 36.0. The maximum absolute atomic E-state index is 11.5. The van der Waals surface area contributed by atoms with E-state index in [4.69, 9.17) is 24.5 Å². The van der Waals surface area contributed by atoms with Crippen molar-refractivity contribution in [2.45, 2.75) is 12.5 Å². The molecule has 0 saturated carbocycles. The van der Waals surface area contributed by atoms with Crippen molar-refractivity contribution in [2.24, 2.45) is 5.73 Å². The van der Waals surface area contributed by atoms with Crippen molar-refractivity contribution in [1.82, 2.24) is 0 Å². The highest BCUT2D eigenvalue weighted by Gasteiger charge is 2.15. The van der Waals surface area contributed by atoms with Crippen LogP contribution in [0.3, 0.4) is 0 Å². The SMILES string of the molecule is COc1ccc2c(CC(N)C(=O)O)cc(=O)oc2c1.CS(=O)(=O)O. The third kappa shape index (κ3) is 6.36. The Labute approximate surface area is 137 Å². The van der Waals surface area contributed by atoms with Gasteiger partial charge in [-0.1, -0.05) is 0 Å². The number of rotatable bonds is 4. The largest absolute Gasteiger partial charge is 0.497 e. The van der Waals surface area contributed by atoms with Gasteiger partial charge < -0.3 is 20.0 Å². The molecule has 0 amide bonds. The van der Waals surface area contributed by atoms with Crippen molar-refractivity contribution >= 4 is 27.1 Å². The lowest BCUT2D eigenvalue weighted by molar-refractivity contribution is -0.138. The summed E-state index contributed by atoms with van der Waals surface area (Å²) >= 11 is 0. The van der Waals surface area contributed by atoms with Gasteiger partial charge in [-0.25, -0.2) is 4.79 Å². The van der Waals surface area contributed by atoms with Gasteiger partial charge in [0.25, 0.3) is 10.1 Å². The molecule has 2 rings (SSSR count). The van der Waals surface area contributed by atoms with Crippen LogP contribution in [0.25, 0.3) is 11.0 Å². The summed E-state index contributed by atoms with van der Waals surface area (Å²) in [6.45, 7) is 0. The molecule has 4 N–H and O–H groups in total. The van der Waals surface area contributed by atoms with E-state index in [9.17, 15) is 18.0 Å². The first-order valence-corrected chi connectivity index (χ1v) is 8.37. The number of carboxylic acid groups (broad SMARTS) is 1. The van der Waals surface area contributed by atoms with Crippen molar-refractivity contribution in [2.75, 3.05) is 13.4 Å². The van der Waals surface area contributed by atoms with E-state index in [1.54, 1.807) is 18.2 Å². The highest BCUT2D eigenvalue weighted by molar-refractivity contribution is 7.85. The number of methoxy groups -OCH3 is 1. The summed E-state index contributed by atoms with van der Waals surface area (Å²) in [4.78, 5) is 22.2. The molecule has 9 nitrogen and oxygen atoms in total. The third-order valence-electron chi connectivity index (χ3n) is 2.79. The molecule has 0 fully saturated rings. The van der Waals surface area contributed by atoms with Gasteiger partial charge >= 0.3 is 11.6 Å². The minimum Gasteiger partial charge on any atom is -0.497 e.